The lowest BCUT2D eigenvalue weighted by Gasteiger charge is -2.19. The smallest absolute Gasteiger partial charge is 0.269 e. The molecule has 0 aliphatic carbocycles. The zero-order chi connectivity index (χ0) is 15.7. The van der Waals surface area contributed by atoms with Gasteiger partial charge in [-0.3, -0.25) is 10.1 Å². The maximum absolute atomic E-state index is 10.6. The Morgan fingerprint density at radius 3 is 2.38 bits per heavy atom. The van der Waals surface area contributed by atoms with Crippen molar-refractivity contribution in [3.63, 3.8) is 0 Å². The minimum absolute atomic E-state index is 0.144. The summed E-state index contributed by atoms with van der Waals surface area (Å²) in [6.45, 7) is 10.7. The van der Waals surface area contributed by atoms with Gasteiger partial charge >= 0.3 is 0 Å². The van der Waals surface area contributed by atoms with Gasteiger partial charge < -0.3 is 10.2 Å². The molecular weight excluding hydrogens is 266 g/mol. The highest BCUT2D eigenvalue weighted by molar-refractivity contribution is 5.32. The van der Waals surface area contributed by atoms with E-state index in [9.17, 15) is 10.1 Å². The van der Waals surface area contributed by atoms with Crippen molar-refractivity contribution in [2.45, 2.75) is 46.2 Å². The van der Waals surface area contributed by atoms with Crippen LogP contribution in [0, 0.1) is 10.1 Å². The number of benzene rings is 1. The lowest BCUT2D eigenvalue weighted by Crippen LogP contribution is -2.28. The maximum Gasteiger partial charge on any atom is 0.269 e. The van der Waals surface area contributed by atoms with Crippen molar-refractivity contribution in [3.05, 3.63) is 39.9 Å². The number of nitro benzene ring substituents is 1. The van der Waals surface area contributed by atoms with E-state index in [-0.39, 0.29) is 10.6 Å². The molecule has 0 saturated carbocycles. The highest BCUT2D eigenvalue weighted by Crippen LogP contribution is 2.12. The first-order valence-electron chi connectivity index (χ1n) is 7.75. The van der Waals surface area contributed by atoms with E-state index >= 15 is 0 Å². The van der Waals surface area contributed by atoms with Crippen LogP contribution in [0.1, 0.15) is 39.2 Å². The van der Waals surface area contributed by atoms with Crippen LogP contribution in [0.4, 0.5) is 5.69 Å². The number of hydrogen-bond donors (Lipinski definition) is 1. The summed E-state index contributed by atoms with van der Waals surface area (Å²) >= 11 is 0. The average molecular weight is 293 g/mol. The zero-order valence-corrected chi connectivity index (χ0v) is 13.3. The molecule has 0 aliphatic heterocycles. The number of nitrogens with zero attached hydrogens (tertiary/aromatic N) is 2. The van der Waals surface area contributed by atoms with E-state index in [0.717, 1.165) is 38.2 Å². The summed E-state index contributed by atoms with van der Waals surface area (Å²) in [4.78, 5) is 12.7. The summed E-state index contributed by atoms with van der Waals surface area (Å²) in [5, 5.41) is 14.1. The van der Waals surface area contributed by atoms with Gasteiger partial charge in [-0.05, 0) is 45.0 Å². The van der Waals surface area contributed by atoms with Crippen LogP contribution < -0.4 is 5.32 Å². The van der Waals surface area contributed by atoms with Crippen molar-refractivity contribution >= 4 is 5.69 Å². The van der Waals surface area contributed by atoms with Gasteiger partial charge in [0.05, 0.1) is 4.92 Å². The van der Waals surface area contributed by atoms with Crippen molar-refractivity contribution < 1.29 is 4.92 Å². The van der Waals surface area contributed by atoms with Gasteiger partial charge in [0, 0.05) is 24.7 Å². The van der Waals surface area contributed by atoms with Crippen LogP contribution in [-0.2, 0) is 6.54 Å². The summed E-state index contributed by atoms with van der Waals surface area (Å²) in [6.07, 6.45) is 2.33. The van der Waals surface area contributed by atoms with E-state index in [1.165, 1.54) is 6.42 Å². The number of nitrogens with one attached hydrogen (secondary N) is 1. The molecule has 0 heterocycles. The lowest BCUT2D eigenvalue weighted by molar-refractivity contribution is -0.384. The quantitative estimate of drug-likeness (QED) is 0.531. The molecular formula is C16H27N3O2. The Labute approximate surface area is 127 Å². The molecule has 0 radical (unpaired) electrons. The minimum Gasteiger partial charge on any atom is -0.310 e. The van der Waals surface area contributed by atoms with E-state index in [2.05, 4.69) is 31.0 Å². The molecule has 0 aromatic heterocycles. The topological polar surface area (TPSA) is 58.4 Å². The van der Waals surface area contributed by atoms with E-state index in [1.807, 2.05) is 12.1 Å². The molecule has 0 bridgehead atoms. The Kier molecular flexibility index (Phi) is 7.93. The molecule has 1 unspecified atom stereocenters. The first-order chi connectivity index (χ1) is 10.1. The van der Waals surface area contributed by atoms with Crippen molar-refractivity contribution in [1.82, 2.24) is 10.2 Å². The number of nitro groups is 1. The van der Waals surface area contributed by atoms with Crippen molar-refractivity contribution in [3.8, 4) is 0 Å². The summed E-state index contributed by atoms with van der Waals surface area (Å²) in [6, 6.07) is 7.20. The molecule has 1 aromatic rings. The molecule has 1 aromatic carbocycles. The molecule has 1 rings (SSSR count). The molecule has 0 fully saturated rings. The predicted molar refractivity (Wildman–Crippen MR) is 86.4 cm³/mol. The molecule has 0 aliphatic rings. The van der Waals surface area contributed by atoms with Gasteiger partial charge in [-0.15, -0.1) is 0 Å². The lowest BCUT2D eigenvalue weighted by atomic mass is 10.1. The SMILES string of the molecule is CCN(CC)CCCC(C)NCc1ccc([N+](=O)[O-])cc1. The Bertz CT molecular complexity index is 416. The third kappa shape index (κ3) is 6.69. The van der Waals surface area contributed by atoms with Gasteiger partial charge in [0.1, 0.15) is 0 Å². The van der Waals surface area contributed by atoms with E-state index in [0.29, 0.717) is 6.04 Å². The average Bonchev–Trinajstić information content (AvgIpc) is 2.50. The third-order valence-electron chi connectivity index (χ3n) is 3.81. The minimum atomic E-state index is -0.368. The predicted octanol–water partition coefficient (Wildman–Crippen LogP) is 3.19. The van der Waals surface area contributed by atoms with Crippen molar-refractivity contribution in [2.24, 2.45) is 0 Å². The van der Waals surface area contributed by atoms with Gasteiger partial charge in [-0.1, -0.05) is 26.0 Å². The van der Waals surface area contributed by atoms with E-state index in [4.69, 9.17) is 0 Å². The van der Waals surface area contributed by atoms with Crippen molar-refractivity contribution in [1.29, 1.82) is 0 Å². The van der Waals surface area contributed by atoms with Crippen molar-refractivity contribution in [2.75, 3.05) is 19.6 Å². The molecule has 0 spiro atoms. The van der Waals surface area contributed by atoms with E-state index in [1.54, 1.807) is 12.1 Å². The standard InChI is InChI=1S/C16H27N3O2/c1-4-18(5-2)12-6-7-14(3)17-13-15-8-10-16(11-9-15)19(20)21/h8-11,14,17H,4-7,12-13H2,1-3H3. The molecule has 21 heavy (non-hydrogen) atoms. The summed E-state index contributed by atoms with van der Waals surface area (Å²) in [5.74, 6) is 0. The second kappa shape index (κ2) is 9.47. The Morgan fingerprint density at radius 2 is 1.86 bits per heavy atom. The number of non-ortho nitro benzene ring substituents is 1. The molecule has 0 amide bonds. The van der Waals surface area contributed by atoms with Gasteiger partial charge in [0.25, 0.3) is 5.69 Å². The first-order valence-corrected chi connectivity index (χ1v) is 7.75. The molecule has 1 N–H and O–H groups in total. The van der Waals surface area contributed by atoms with Crippen LogP contribution in [0.25, 0.3) is 0 Å². The van der Waals surface area contributed by atoms with Gasteiger partial charge in [-0.25, -0.2) is 0 Å². The van der Waals surface area contributed by atoms with Crippen LogP contribution in [0.2, 0.25) is 0 Å². The van der Waals surface area contributed by atoms with Gasteiger partial charge in [-0.2, -0.15) is 0 Å². The van der Waals surface area contributed by atoms with Crippen LogP contribution in [0.5, 0.6) is 0 Å². The molecule has 5 heteroatoms. The second-order valence-electron chi connectivity index (χ2n) is 5.37. The fraction of sp³-hybridized carbons (Fsp3) is 0.625. The fourth-order valence-electron chi connectivity index (χ4n) is 2.29. The van der Waals surface area contributed by atoms with Crippen LogP contribution >= 0.6 is 0 Å². The number of hydrogen-bond acceptors (Lipinski definition) is 4. The highest BCUT2D eigenvalue weighted by atomic mass is 16.6. The largest absolute Gasteiger partial charge is 0.310 e. The van der Waals surface area contributed by atoms with Crippen LogP contribution in [0.15, 0.2) is 24.3 Å². The number of rotatable bonds is 10. The molecule has 1 atom stereocenters. The highest BCUT2D eigenvalue weighted by Gasteiger charge is 2.06. The third-order valence-corrected chi connectivity index (χ3v) is 3.81. The second-order valence-corrected chi connectivity index (χ2v) is 5.37. The Balaban J connectivity index is 2.26. The Hall–Kier alpha value is -1.46. The van der Waals surface area contributed by atoms with Crippen LogP contribution in [0.3, 0.4) is 0 Å². The molecule has 0 saturated heterocycles. The van der Waals surface area contributed by atoms with E-state index < -0.39 is 0 Å². The Morgan fingerprint density at radius 1 is 1.24 bits per heavy atom. The van der Waals surface area contributed by atoms with Gasteiger partial charge in [0.2, 0.25) is 0 Å². The summed E-state index contributed by atoms with van der Waals surface area (Å²) in [5.41, 5.74) is 1.22. The monoisotopic (exact) mass is 293 g/mol. The van der Waals surface area contributed by atoms with Gasteiger partial charge in [0.15, 0.2) is 0 Å². The summed E-state index contributed by atoms with van der Waals surface area (Å²) in [7, 11) is 0. The van der Waals surface area contributed by atoms with Crippen LogP contribution in [-0.4, -0.2) is 35.5 Å². The molecule has 5 nitrogen and oxygen atoms in total. The normalized spacial score (nSPS) is 12.6. The fourth-order valence-corrected chi connectivity index (χ4v) is 2.29. The maximum atomic E-state index is 10.6. The molecule has 118 valence electrons. The first kappa shape index (κ1) is 17.6. The zero-order valence-electron chi connectivity index (χ0n) is 13.3. The summed E-state index contributed by atoms with van der Waals surface area (Å²) < 4.78 is 0.